The Bertz CT molecular complexity index is 1010. The van der Waals surface area contributed by atoms with Gasteiger partial charge < -0.3 is 4.90 Å². The summed E-state index contributed by atoms with van der Waals surface area (Å²) in [5.41, 5.74) is 1.58. The quantitative estimate of drug-likeness (QED) is 0.387. The number of piperazine rings is 1. The Morgan fingerprint density at radius 3 is 2.09 bits per heavy atom. The normalized spacial score (nSPS) is 17.9. The van der Waals surface area contributed by atoms with Gasteiger partial charge >= 0.3 is 0 Å². The summed E-state index contributed by atoms with van der Waals surface area (Å²) in [6.07, 6.45) is 2.24. The number of amides is 2. The summed E-state index contributed by atoms with van der Waals surface area (Å²) >= 11 is 5.92. The van der Waals surface area contributed by atoms with Crippen LogP contribution in [0, 0.1) is 11.7 Å². The molecule has 35 heavy (non-hydrogen) atoms. The Kier molecular flexibility index (Phi) is 9.80. The third-order valence-corrected chi connectivity index (χ3v) is 6.83. The second-order valence-electron chi connectivity index (χ2n) is 9.05. The summed E-state index contributed by atoms with van der Waals surface area (Å²) in [5, 5.41) is 0.657. The fourth-order valence-electron chi connectivity index (χ4n) is 4.68. The average Bonchev–Trinajstić information content (AvgIpc) is 2.83. The summed E-state index contributed by atoms with van der Waals surface area (Å²) in [5.74, 6) is -0.625. The minimum absolute atomic E-state index is 0. The molecule has 2 aliphatic rings. The first kappa shape index (κ1) is 27.3. The fraction of sp³-hybridized carbons (Fsp3) is 0.423. The predicted molar refractivity (Wildman–Crippen MR) is 135 cm³/mol. The van der Waals surface area contributed by atoms with E-state index in [0.717, 1.165) is 38.0 Å². The average molecular weight is 522 g/mol. The molecular weight excluding hydrogens is 492 g/mol. The van der Waals surface area contributed by atoms with E-state index in [9.17, 15) is 18.8 Å². The molecule has 4 rings (SSSR count). The number of nitrogens with zero attached hydrogens (tertiary/aromatic N) is 3. The highest BCUT2D eigenvalue weighted by atomic mass is 35.5. The number of likely N-dealkylation sites (tertiary alicyclic amines) is 1. The van der Waals surface area contributed by atoms with Crippen LogP contribution in [0.2, 0.25) is 5.02 Å². The van der Waals surface area contributed by atoms with Crippen LogP contribution in [-0.2, 0) is 16.1 Å². The predicted octanol–water partition coefficient (Wildman–Crippen LogP) is 4.06. The lowest BCUT2D eigenvalue weighted by molar-refractivity contribution is -0.151. The molecule has 0 unspecified atom stereocenters. The number of carbonyl (C=O) groups is 3. The van der Waals surface area contributed by atoms with Crippen LogP contribution in [0.25, 0.3) is 0 Å². The van der Waals surface area contributed by atoms with E-state index in [1.54, 1.807) is 24.3 Å². The number of ketones is 1. The Morgan fingerprint density at radius 1 is 0.886 bits per heavy atom. The number of hydrogen-bond acceptors (Lipinski definition) is 5. The number of benzene rings is 2. The third-order valence-electron chi connectivity index (χ3n) is 6.58. The Hall–Kier alpha value is -2.32. The molecule has 0 aromatic heterocycles. The van der Waals surface area contributed by atoms with Gasteiger partial charge in [-0.3, -0.25) is 24.2 Å². The molecule has 2 aromatic rings. The van der Waals surface area contributed by atoms with Gasteiger partial charge in [-0.2, -0.15) is 0 Å². The molecule has 0 saturated carbocycles. The number of Topliss-reactive ketones (excluding diaryl/α,β-unsaturated/α-hetero) is 1. The van der Waals surface area contributed by atoms with Crippen molar-refractivity contribution in [3.8, 4) is 0 Å². The van der Waals surface area contributed by atoms with Crippen LogP contribution in [0.1, 0.15) is 35.2 Å². The lowest BCUT2D eigenvalue weighted by Gasteiger charge is -2.34. The molecule has 0 atom stereocenters. The van der Waals surface area contributed by atoms with Gasteiger partial charge in [0.1, 0.15) is 5.82 Å². The van der Waals surface area contributed by atoms with Crippen molar-refractivity contribution in [3.63, 3.8) is 0 Å². The monoisotopic (exact) mass is 521 g/mol. The Morgan fingerprint density at radius 2 is 1.49 bits per heavy atom. The molecule has 0 bridgehead atoms. The van der Waals surface area contributed by atoms with Crippen molar-refractivity contribution in [2.75, 3.05) is 39.3 Å². The van der Waals surface area contributed by atoms with Crippen molar-refractivity contribution in [3.05, 3.63) is 70.5 Å². The minimum Gasteiger partial charge on any atom is -0.303 e. The van der Waals surface area contributed by atoms with Gasteiger partial charge in [-0.25, -0.2) is 4.39 Å². The smallest absolute Gasteiger partial charge is 0.243 e. The van der Waals surface area contributed by atoms with Gasteiger partial charge in [0, 0.05) is 29.6 Å². The maximum Gasteiger partial charge on any atom is 0.243 e. The van der Waals surface area contributed by atoms with Gasteiger partial charge in [-0.15, -0.1) is 12.4 Å². The lowest BCUT2D eigenvalue weighted by Crippen LogP contribution is -2.54. The van der Waals surface area contributed by atoms with E-state index in [4.69, 9.17) is 11.6 Å². The maximum atomic E-state index is 13.1. The summed E-state index contributed by atoms with van der Waals surface area (Å²) in [4.78, 5) is 43.3. The van der Waals surface area contributed by atoms with Crippen molar-refractivity contribution in [2.24, 2.45) is 5.92 Å². The van der Waals surface area contributed by atoms with Gasteiger partial charge in [0.15, 0.2) is 5.78 Å². The Balaban J connectivity index is 0.00000342. The fourth-order valence-corrected chi connectivity index (χ4v) is 4.80. The Labute approximate surface area is 216 Å². The molecular formula is C26H30Cl2FN3O3. The topological polar surface area (TPSA) is 60.9 Å². The number of imide groups is 1. The zero-order valence-corrected chi connectivity index (χ0v) is 21.1. The van der Waals surface area contributed by atoms with Gasteiger partial charge in [0.05, 0.1) is 13.1 Å². The summed E-state index contributed by atoms with van der Waals surface area (Å²) in [6.45, 7) is 3.79. The molecule has 2 aliphatic heterocycles. The summed E-state index contributed by atoms with van der Waals surface area (Å²) in [7, 11) is 0. The van der Waals surface area contributed by atoms with Crippen LogP contribution in [-0.4, -0.2) is 71.6 Å². The third kappa shape index (κ3) is 7.34. The standard InChI is InChI=1S/C26H29ClFN3O3.ClH/c27-22-6-2-19(3-7-22)16-30-17-24(32)31(25(33)18-30)13-1-12-29-14-10-21(11-15-29)26(34)20-4-8-23(28)9-5-20;/h2-9,21H,1,10-18H2;1H. The van der Waals surface area contributed by atoms with Crippen molar-refractivity contribution in [1.82, 2.24) is 14.7 Å². The molecule has 0 N–H and O–H groups in total. The van der Waals surface area contributed by atoms with Crippen LogP contribution in [0.5, 0.6) is 0 Å². The van der Waals surface area contributed by atoms with Gasteiger partial charge in [-0.05, 0) is 80.9 Å². The van der Waals surface area contributed by atoms with E-state index in [0.29, 0.717) is 30.1 Å². The van der Waals surface area contributed by atoms with Crippen molar-refractivity contribution in [2.45, 2.75) is 25.8 Å². The zero-order chi connectivity index (χ0) is 24.1. The van der Waals surface area contributed by atoms with Crippen LogP contribution in [0.15, 0.2) is 48.5 Å². The van der Waals surface area contributed by atoms with Crippen molar-refractivity contribution in [1.29, 1.82) is 0 Å². The zero-order valence-electron chi connectivity index (χ0n) is 19.5. The largest absolute Gasteiger partial charge is 0.303 e. The SMILES string of the molecule is Cl.O=C(c1ccc(F)cc1)C1CCN(CCCN2C(=O)CN(Cc3ccc(Cl)cc3)CC2=O)CC1. The molecule has 0 aliphatic carbocycles. The lowest BCUT2D eigenvalue weighted by atomic mass is 9.89. The first-order valence-electron chi connectivity index (χ1n) is 11.7. The molecule has 2 fully saturated rings. The molecule has 188 valence electrons. The molecule has 0 radical (unpaired) electrons. The number of piperidine rings is 1. The second-order valence-corrected chi connectivity index (χ2v) is 9.49. The summed E-state index contributed by atoms with van der Waals surface area (Å²) < 4.78 is 13.1. The molecule has 2 saturated heterocycles. The van der Waals surface area contributed by atoms with E-state index in [-0.39, 0.29) is 54.8 Å². The highest BCUT2D eigenvalue weighted by Gasteiger charge is 2.31. The van der Waals surface area contributed by atoms with Gasteiger partial charge in [0.2, 0.25) is 11.8 Å². The molecule has 6 nitrogen and oxygen atoms in total. The van der Waals surface area contributed by atoms with Crippen LogP contribution in [0.4, 0.5) is 4.39 Å². The number of carbonyl (C=O) groups excluding carboxylic acids is 3. The van der Waals surface area contributed by atoms with E-state index in [1.165, 1.54) is 17.0 Å². The summed E-state index contributed by atoms with van der Waals surface area (Å²) in [6, 6.07) is 13.2. The van der Waals surface area contributed by atoms with E-state index in [1.807, 2.05) is 17.0 Å². The highest BCUT2D eigenvalue weighted by molar-refractivity contribution is 6.30. The van der Waals surface area contributed by atoms with Crippen molar-refractivity contribution >= 4 is 41.6 Å². The first-order valence-corrected chi connectivity index (χ1v) is 12.1. The van der Waals surface area contributed by atoms with Crippen LogP contribution in [0.3, 0.4) is 0 Å². The highest BCUT2D eigenvalue weighted by Crippen LogP contribution is 2.22. The van der Waals surface area contributed by atoms with Gasteiger partial charge in [0.25, 0.3) is 0 Å². The first-order chi connectivity index (χ1) is 16.4. The van der Waals surface area contributed by atoms with E-state index >= 15 is 0 Å². The van der Waals surface area contributed by atoms with Crippen molar-refractivity contribution < 1.29 is 18.8 Å². The molecule has 2 aromatic carbocycles. The second kappa shape index (κ2) is 12.6. The minimum atomic E-state index is -0.341. The van der Waals surface area contributed by atoms with Crippen LogP contribution >= 0.6 is 24.0 Å². The van der Waals surface area contributed by atoms with Crippen LogP contribution < -0.4 is 0 Å². The molecule has 0 spiro atoms. The molecule has 2 amide bonds. The number of hydrogen-bond donors (Lipinski definition) is 0. The van der Waals surface area contributed by atoms with E-state index in [2.05, 4.69) is 4.90 Å². The van der Waals surface area contributed by atoms with Gasteiger partial charge in [-0.1, -0.05) is 23.7 Å². The number of rotatable bonds is 8. The number of halogens is 3. The molecule has 2 heterocycles. The van der Waals surface area contributed by atoms with E-state index < -0.39 is 0 Å². The maximum absolute atomic E-state index is 13.1. The molecule has 9 heteroatoms.